The monoisotopic (exact) mass is 300 g/mol. The van der Waals surface area contributed by atoms with E-state index in [-0.39, 0.29) is 17.4 Å². The van der Waals surface area contributed by atoms with Crippen LogP contribution in [0.1, 0.15) is 34.6 Å². The molecule has 0 aliphatic carbocycles. The van der Waals surface area contributed by atoms with Crippen molar-refractivity contribution in [3.63, 3.8) is 0 Å². The van der Waals surface area contributed by atoms with Gasteiger partial charge >= 0.3 is 11.9 Å². The van der Waals surface area contributed by atoms with Gasteiger partial charge in [0.25, 0.3) is 0 Å². The minimum Gasteiger partial charge on any atom is -0.491 e. The van der Waals surface area contributed by atoms with Crippen molar-refractivity contribution in [1.29, 1.82) is 0 Å². The molecule has 0 radical (unpaired) electrons. The number of ether oxygens (including phenoxy) is 2. The number of carbonyl (C=O) groups excluding carboxylic acids is 1. The maximum Gasteiger partial charge on any atom is 0.343 e. The van der Waals surface area contributed by atoms with Crippen LogP contribution < -0.4 is 9.47 Å². The van der Waals surface area contributed by atoms with Crippen LogP contribution >= 0.6 is 0 Å². The molecular formula is C17H16O5. The van der Waals surface area contributed by atoms with Crippen molar-refractivity contribution >= 4 is 11.9 Å². The van der Waals surface area contributed by atoms with Crippen molar-refractivity contribution in [2.24, 2.45) is 0 Å². The zero-order valence-corrected chi connectivity index (χ0v) is 12.3. The number of aromatic carboxylic acids is 1. The Hall–Kier alpha value is -2.82. The van der Waals surface area contributed by atoms with Crippen LogP contribution in [0.5, 0.6) is 11.5 Å². The third kappa shape index (κ3) is 3.85. The van der Waals surface area contributed by atoms with Gasteiger partial charge in [-0.15, -0.1) is 0 Å². The van der Waals surface area contributed by atoms with E-state index in [0.29, 0.717) is 11.3 Å². The Morgan fingerprint density at radius 1 is 1.05 bits per heavy atom. The van der Waals surface area contributed by atoms with E-state index in [0.717, 1.165) is 0 Å². The molecular weight excluding hydrogens is 284 g/mol. The number of carbonyl (C=O) groups is 2. The molecule has 0 amide bonds. The molecule has 0 aliphatic rings. The number of hydrogen-bond donors (Lipinski definition) is 1. The molecule has 0 spiro atoms. The first-order chi connectivity index (χ1) is 10.5. The van der Waals surface area contributed by atoms with Gasteiger partial charge in [0.2, 0.25) is 0 Å². The third-order valence-electron chi connectivity index (χ3n) is 2.76. The molecule has 114 valence electrons. The SMILES string of the molecule is CC(C)Oc1cccc(C(=O)Oc2ccccc2C(=O)O)c1. The van der Waals surface area contributed by atoms with E-state index in [1.165, 1.54) is 12.1 Å². The summed E-state index contributed by atoms with van der Waals surface area (Å²) in [6, 6.07) is 12.5. The molecule has 5 nitrogen and oxygen atoms in total. The molecule has 0 saturated carbocycles. The third-order valence-corrected chi connectivity index (χ3v) is 2.76. The van der Waals surface area contributed by atoms with Gasteiger partial charge in [-0.25, -0.2) is 9.59 Å². The average Bonchev–Trinajstić information content (AvgIpc) is 2.47. The Balaban J connectivity index is 2.21. The van der Waals surface area contributed by atoms with Gasteiger partial charge in [-0.2, -0.15) is 0 Å². The van der Waals surface area contributed by atoms with E-state index in [1.54, 1.807) is 36.4 Å². The summed E-state index contributed by atoms with van der Waals surface area (Å²) in [5.41, 5.74) is 0.226. The summed E-state index contributed by atoms with van der Waals surface area (Å²) in [7, 11) is 0. The molecule has 0 atom stereocenters. The summed E-state index contributed by atoms with van der Waals surface area (Å²) in [5.74, 6) is -1.23. The van der Waals surface area contributed by atoms with Crippen LogP contribution in [-0.4, -0.2) is 23.1 Å². The van der Waals surface area contributed by atoms with E-state index < -0.39 is 11.9 Å². The quantitative estimate of drug-likeness (QED) is 0.677. The molecule has 0 heterocycles. The second-order valence-electron chi connectivity index (χ2n) is 4.89. The van der Waals surface area contributed by atoms with Crippen molar-refractivity contribution in [1.82, 2.24) is 0 Å². The van der Waals surface area contributed by atoms with Crippen molar-refractivity contribution in [2.75, 3.05) is 0 Å². The fraction of sp³-hybridized carbons (Fsp3) is 0.176. The van der Waals surface area contributed by atoms with Gasteiger partial charge in [0.15, 0.2) is 0 Å². The van der Waals surface area contributed by atoms with Crippen molar-refractivity contribution in [2.45, 2.75) is 20.0 Å². The largest absolute Gasteiger partial charge is 0.491 e. The highest BCUT2D eigenvalue weighted by Crippen LogP contribution is 2.21. The van der Waals surface area contributed by atoms with Crippen LogP contribution in [0.15, 0.2) is 48.5 Å². The fourth-order valence-electron chi connectivity index (χ4n) is 1.86. The van der Waals surface area contributed by atoms with Gasteiger partial charge in [0.1, 0.15) is 17.1 Å². The van der Waals surface area contributed by atoms with Crippen molar-refractivity contribution in [3.05, 3.63) is 59.7 Å². The number of carboxylic acids is 1. The van der Waals surface area contributed by atoms with Gasteiger partial charge in [0.05, 0.1) is 11.7 Å². The normalized spacial score (nSPS) is 10.3. The van der Waals surface area contributed by atoms with E-state index in [2.05, 4.69) is 0 Å². The van der Waals surface area contributed by atoms with Gasteiger partial charge < -0.3 is 14.6 Å². The molecule has 5 heteroatoms. The van der Waals surface area contributed by atoms with E-state index in [1.807, 2.05) is 13.8 Å². The number of benzene rings is 2. The second-order valence-corrected chi connectivity index (χ2v) is 4.89. The van der Waals surface area contributed by atoms with Crippen LogP contribution in [0.25, 0.3) is 0 Å². The Morgan fingerprint density at radius 2 is 1.77 bits per heavy atom. The molecule has 0 aliphatic heterocycles. The van der Waals surface area contributed by atoms with Crippen molar-refractivity contribution < 1.29 is 24.2 Å². The molecule has 0 unspecified atom stereocenters. The molecule has 1 N–H and O–H groups in total. The molecule has 0 aromatic heterocycles. The van der Waals surface area contributed by atoms with Gasteiger partial charge in [-0.05, 0) is 44.2 Å². The number of esters is 1. The van der Waals surface area contributed by atoms with E-state index >= 15 is 0 Å². The summed E-state index contributed by atoms with van der Waals surface area (Å²) >= 11 is 0. The molecule has 2 aromatic rings. The van der Waals surface area contributed by atoms with Crippen LogP contribution in [0.4, 0.5) is 0 Å². The zero-order valence-electron chi connectivity index (χ0n) is 12.3. The Labute approximate surface area is 128 Å². The van der Waals surface area contributed by atoms with Crippen LogP contribution in [0.3, 0.4) is 0 Å². The molecule has 0 saturated heterocycles. The number of hydrogen-bond acceptors (Lipinski definition) is 4. The lowest BCUT2D eigenvalue weighted by molar-refractivity contribution is 0.0681. The standard InChI is InChI=1S/C17H16O5/c1-11(2)21-13-7-5-6-12(10-13)17(20)22-15-9-4-3-8-14(15)16(18)19/h3-11H,1-2H3,(H,18,19). The van der Waals surface area contributed by atoms with Crippen molar-refractivity contribution in [3.8, 4) is 11.5 Å². The summed E-state index contributed by atoms with van der Waals surface area (Å²) in [4.78, 5) is 23.3. The maximum atomic E-state index is 12.2. The minimum atomic E-state index is -1.15. The van der Waals surface area contributed by atoms with Gasteiger partial charge in [0, 0.05) is 0 Å². The first-order valence-corrected chi connectivity index (χ1v) is 6.78. The lowest BCUT2D eigenvalue weighted by Crippen LogP contribution is -2.12. The average molecular weight is 300 g/mol. The van der Waals surface area contributed by atoms with E-state index in [9.17, 15) is 9.59 Å². The first kappa shape index (κ1) is 15.6. The molecule has 0 bridgehead atoms. The summed E-state index contributed by atoms with van der Waals surface area (Å²) < 4.78 is 10.7. The summed E-state index contributed by atoms with van der Waals surface area (Å²) in [5, 5.41) is 9.08. The smallest absolute Gasteiger partial charge is 0.343 e. The van der Waals surface area contributed by atoms with Crippen LogP contribution in [-0.2, 0) is 0 Å². The molecule has 2 aromatic carbocycles. The Morgan fingerprint density at radius 3 is 2.45 bits per heavy atom. The Bertz CT molecular complexity index is 691. The first-order valence-electron chi connectivity index (χ1n) is 6.78. The fourth-order valence-corrected chi connectivity index (χ4v) is 1.86. The predicted molar refractivity (Wildman–Crippen MR) is 80.6 cm³/mol. The van der Waals surface area contributed by atoms with Gasteiger partial charge in [-0.1, -0.05) is 18.2 Å². The Kier molecular flexibility index (Phi) is 4.78. The molecule has 22 heavy (non-hydrogen) atoms. The lowest BCUT2D eigenvalue weighted by atomic mass is 10.2. The maximum absolute atomic E-state index is 12.2. The second kappa shape index (κ2) is 6.76. The highest BCUT2D eigenvalue weighted by molar-refractivity contribution is 5.95. The van der Waals surface area contributed by atoms with Crippen LogP contribution in [0.2, 0.25) is 0 Å². The van der Waals surface area contributed by atoms with Gasteiger partial charge in [-0.3, -0.25) is 0 Å². The summed E-state index contributed by atoms with van der Waals surface area (Å²) in [6.45, 7) is 3.77. The topological polar surface area (TPSA) is 72.8 Å². The van der Waals surface area contributed by atoms with Crippen LogP contribution in [0, 0.1) is 0 Å². The highest BCUT2D eigenvalue weighted by atomic mass is 16.5. The minimum absolute atomic E-state index is 0.00943. The lowest BCUT2D eigenvalue weighted by Gasteiger charge is -2.11. The number of para-hydroxylation sites is 1. The zero-order chi connectivity index (χ0) is 16.1. The van der Waals surface area contributed by atoms with E-state index in [4.69, 9.17) is 14.6 Å². The number of rotatable bonds is 5. The number of carboxylic acid groups (broad SMARTS) is 1. The summed E-state index contributed by atoms with van der Waals surface area (Å²) in [6.07, 6.45) is -0.0148. The highest BCUT2D eigenvalue weighted by Gasteiger charge is 2.15. The molecule has 0 fully saturated rings. The predicted octanol–water partition coefficient (Wildman–Crippen LogP) is 3.39. The molecule has 2 rings (SSSR count).